The number of aryl methyl sites for hydroxylation is 1. The SMILES string of the molecule is Cc1nn(-c2ccccc2)c(Cl)c1C=CC(=O)NC(C)c1ccncc1. The minimum Gasteiger partial charge on any atom is -0.346 e. The van der Waals surface area contributed by atoms with Gasteiger partial charge >= 0.3 is 0 Å². The van der Waals surface area contributed by atoms with Gasteiger partial charge < -0.3 is 5.32 Å². The lowest BCUT2D eigenvalue weighted by Crippen LogP contribution is -2.24. The van der Waals surface area contributed by atoms with E-state index in [0.717, 1.165) is 22.5 Å². The molecule has 0 fully saturated rings. The lowest BCUT2D eigenvalue weighted by atomic mass is 10.1. The van der Waals surface area contributed by atoms with Crippen LogP contribution >= 0.6 is 11.6 Å². The van der Waals surface area contributed by atoms with Gasteiger partial charge in [-0.25, -0.2) is 4.68 Å². The van der Waals surface area contributed by atoms with Gasteiger partial charge in [0, 0.05) is 24.0 Å². The minimum atomic E-state index is -0.197. The van der Waals surface area contributed by atoms with Gasteiger partial charge in [-0.1, -0.05) is 29.8 Å². The van der Waals surface area contributed by atoms with Crippen LogP contribution in [0.3, 0.4) is 0 Å². The second kappa shape index (κ2) is 7.97. The van der Waals surface area contributed by atoms with E-state index in [1.54, 1.807) is 23.2 Å². The van der Waals surface area contributed by atoms with Crippen LogP contribution in [-0.4, -0.2) is 20.7 Å². The molecule has 2 aromatic heterocycles. The van der Waals surface area contributed by atoms with Crippen LogP contribution in [0.25, 0.3) is 11.8 Å². The fourth-order valence-corrected chi connectivity index (χ4v) is 2.93. The number of hydrogen-bond donors (Lipinski definition) is 1. The molecule has 0 saturated heterocycles. The molecule has 0 spiro atoms. The molecule has 0 aliphatic heterocycles. The maximum Gasteiger partial charge on any atom is 0.244 e. The van der Waals surface area contributed by atoms with Crippen molar-refractivity contribution in [3.05, 3.63) is 82.9 Å². The fourth-order valence-electron chi connectivity index (χ4n) is 2.60. The predicted molar refractivity (Wildman–Crippen MR) is 103 cm³/mol. The summed E-state index contributed by atoms with van der Waals surface area (Å²) in [5.74, 6) is -0.197. The van der Waals surface area contributed by atoms with Crippen molar-refractivity contribution in [2.45, 2.75) is 19.9 Å². The summed E-state index contributed by atoms with van der Waals surface area (Å²) in [4.78, 5) is 16.2. The normalized spacial score (nSPS) is 12.3. The summed E-state index contributed by atoms with van der Waals surface area (Å²) in [6.45, 7) is 3.79. The second-order valence-electron chi connectivity index (χ2n) is 5.88. The van der Waals surface area contributed by atoms with Crippen LogP contribution in [-0.2, 0) is 4.79 Å². The molecule has 6 heteroatoms. The van der Waals surface area contributed by atoms with Crippen molar-refractivity contribution in [3.8, 4) is 5.69 Å². The van der Waals surface area contributed by atoms with Crippen molar-refractivity contribution < 1.29 is 4.79 Å². The van der Waals surface area contributed by atoms with Gasteiger partial charge in [-0.2, -0.15) is 5.10 Å². The minimum absolute atomic E-state index is 0.112. The van der Waals surface area contributed by atoms with Gasteiger partial charge in [0.05, 0.1) is 17.4 Å². The number of nitrogens with one attached hydrogen (secondary N) is 1. The van der Waals surface area contributed by atoms with Crippen molar-refractivity contribution in [2.75, 3.05) is 0 Å². The molecule has 1 atom stereocenters. The van der Waals surface area contributed by atoms with Crippen molar-refractivity contribution in [1.82, 2.24) is 20.1 Å². The van der Waals surface area contributed by atoms with Crippen LogP contribution in [0.15, 0.2) is 60.9 Å². The van der Waals surface area contributed by atoms with Gasteiger partial charge in [-0.05, 0) is 49.8 Å². The Hall–Kier alpha value is -2.92. The lowest BCUT2D eigenvalue weighted by molar-refractivity contribution is -0.117. The highest BCUT2D eigenvalue weighted by Crippen LogP contribution is 2.24. The summed E-state index contributed by atoms with van der Waals surface area (Å²) in [6.07, 6.45) is 6.57. The first-order chi connectivity index (χ1) is 12.6. The summed E-state index contributed by atoms with van der Waals surface area (Å²) in [6, 6.07) is 13.3. The Balaban J connectivity index is 1.74. The van der Waals surface area contributed by atoms with Crippen molar-refractivity contribution in [2.24, 2.45) is 0 Å². The molecule has 2 heterocycles. The van der Waals surface area contributed by atoms with E-state index in [9.17, 15) is 4.79 Å². The molecule has 26 heavy (non-hydrogen) atoms. The summed E-state index contributed by atoms with van der Waals surface area (Å²) in [7, 11) is 0. The molecule has 3 aromatic rings. The van der Waals surface area contributed by atoms with E-state index in [1.807, 2.05) is 56.3 Å². The number of nitrogens with zero attached hydrogens (tertiary/aromatic N) is 3. The van der Waals surface area contributed by atoms with Crippen LogP contribution in [0.2, 0.25) is 5.15 Å². The van der Waals surface area contributed by atoms with Crippen LogP contribution < -0.4 is 5.32 Å². The topological polar surface area (TPSA) is 59.8 Å². The summed E-state index contributed by atoms with van der Waals surface area (Å²) in [5, 5.41) is 7.85. The predicted octanol–water partition coefficient (Wildman–Crippen LogP) is 4.12. The van der Waals surface area contributed by atoms with Gasteiger partial charge in [0.15, 0.2) is 0 Å². The molecule has 0 aliphatic carbocycles. The van der Waals surface area contributed by atoms with E-state index in [0.29, 0.717) is 5.15 Å². The van der Waals surface area contributed by atoms with E-state index in [1.165, 1.54) is 6.08 Å². The van der Waals surface area contributed by atoms with E-state index in [4.69, 9.17) is 11.6 Å². The molecule has 5 nitrogen and oxygen atoms in total. The Bertz CT molecular complexity index is 920. The molecule has 0 aliphatic rings. The number of carbonyl (C=O) groups excluding carboxylic acids is 1. The van der Waals surface area contributed by atoms with Gasteiger partial charge in [-0.3, -0.25) is 9.78 Å². The molecule has 0 saturated carbocycles. The van der Waals surface area contributed by atoms with Gasteiger partial charge in [-0.15, -0.1) is 0 Å². The molecule has 1 N–H and O–H groups in total. The monoisotopic (exact) mass is 366 g/mol. The highest BCUT2D eigenvalue weighted by atomic mass is 35.5. The molecule has 132 valence electrons. The Kier molecular flexibility index (Phi) is 5.49. The Morgan fingerprint density at radius 1 is 1.19 bits per heavy atom. The lowest BCUT2D eigenvalue weighted by Gasteiger charge is -2.12. The maximum atomic E-state index is 12.2. The van der Waals surface area contributed by atoms with E-state index in [-0.39, 0.29) is 11.9 Å². The fraction of sp³-hybridized carbons (Fsp3) is 0.150. The van der Waals surface area contributed by atoms with Crippen LogP contribution in [0.4, 0.5) is 0 Å². The number of pyridine rings is 1. The van der Waals surface area contributed by atoms with Gasteiger partial charge in [0.25, 0.3) is 0 Å². The zero-order valence-electron chi connectivity index (χ0n) is 14.6. The number of rotatable bonds is 5. The quantitative estimate of drug-likeness (QED) is 0.691. The summed E-state index contributed by atoms with van der Waals surface area (Å²) < 4.78 is 1.66. The summed E-state index contributed by atoms with van der Waals surface area (Å²) in [5.41, 5.74) is 3.34. The Morgan fingerprint density at radius 2 is 1.88 bits per heavy atom. The number of amides is 1. The Morgan fingerprint density at radius 3 is 2.58 bits per heavy atom. The first-order valence-electron chi connectivity index (χ1n) is 8.25. The highest BCUT2D eigenvalue weighted by Gasteiger charge is 2.13. The summed E-state index contributed by atoms with van der Waals surface area (Å²) >= 11 is 6.46. The number of halogens is 1. The number of aromatic nitrogens is 3. The average Bonchev–Trinajstić information content (AvgIpc) is 2.95. The van der Waals surface area contributed by atoms with Crippen molar-refractivity contribution in [3.63, 3.8) is 0 Å². The number of hydrogen-bond acceptors (Lipinski definition) is 3. The van der Waals surface area contributed by atoms with Crippen molar-refractivity contribution >= 4 is 23.6 Å². The average molecular weight is 367 g/mol. The third-order valence-corrected chi connectivity index (χ3v) is 4.38. The second-order valence-corrected chi connectivity index (χ2v) is 6.24. The molecular weight excluding hydrogens is 348 g/mol. The third kappa shape index (κ3) is 4.00. The first kappa shape index (κ1) is 17.9. The standard InChI is InChI=1S/C20H19ClN4O/c1-14(16-10-12-22-13-11-16)23-19(26)9-8-18-15(2)24-25(20(18)21)17-6-4-3-5-7-17/h3-14H,1-2H3,(H,23,26). The van der Waals surface area contributed by atoms with Crippen LogP contribution in [0.1, 0.15) is 29.8 Å². The Labute approximate surface area is 157 Å². The molecule has 0 bridgehead atoms. The zero-order valence-corrected chi connectivity index (χ0v) is 15.3. The zero-order chi connectivity index (χ0) is 18.5. The van der Waals surface area contributed by atoms with E-state index in [2.05, 4.69) is 15.4 Å². The number of para-hydroxylation sites is 1. The molecule has 3 rings (SSSR count). The first-order valence-corrected chi connectivity index (χ1v) is 8.63. The highest BCUT2D eigenvalue weighted by molar-refractivity contribution is 6.31. The molecule has 1 aromatic carbocycles. The van der Waals surface area contributed by atoms with Crippen LogP contribution in [0.5, 0.6) is 0 Å². The van der Waals surface area contributed by atoms with Gasteiger partial charge in [0.2, 0.25) is 5.91 Å². The van der Waals surface area contributed by atoms with Crippen molar-refractivity contribution in [1.29, 1.82) is 0 Å². The molecule has 1 unspecified atom stereocenters. The molecule has 1 amide bonds. The molecule has 0 radical (unpaired) electrons. The van der Waals surface area contributed by atoms with E-state index < -0.39 is 0 Å². The van der Waals surface area contributed by atoms with E-state index >= 15 is 0 Å². The smallest absolute Gasteiger partial charge is 0.244 e. The van der Waals surface area contributed by atoms with Gasteiger partial charge in [0.1, 0.15) is 5.15 Å². The third-order valence-electron chi connectivity index (χ3n) is 4.02. The molecular formula is C20H19ClN4O. The largest absolute Gasteiger partial charge is 0.346 e. The van der Waals surface area contributed by atoms with Crippen LogP contribution in [0, 0.1) is 6.92 Å². The number of carbonyl (C=O) groups is 1. The maximum absolute atomic E-state index is 12.2. The number of benzene rings is 1.